The average Bonchev–Trinajstić information content (AvgIpc) is 3.10. The molecule has 5 rings (SSSR count). The minimum absolute atomic E-state index is 0.213. The van der Waals surface area contributed by atoms with Crippen LogP contribution in [0.4, 0.5) is 19.2 Å². The van der Waals surface area contributed by atoms with Gasteiger partial charge < -0.3 is 10.6 Å². The molecule has 0 spiro atoms. The van der Waals surface area contributed by atoms with Crippen molar-refractivity contribution in [3.8, 4) is 0 Å². The molecule has 1 aromatic carbocycles. The number of urea groups is 4. The Kier molecular flexibility index (Phi) is 16.3. The first-order chi connectivity index (χ1) is 28.7. The summed E-state index contributed by atoms with van der Waals surface area (Å²) in [7, 11) is 0. The Morgan fingerprint density at radius 2 is 1.11 bits per heavy atom. The number of carbonyl (C=O) groups excluding carboxylic acids is 8. The fraction of sp³-hybridized carbons (Fsp3) is 0.500. The van der Waals surface area contributed by atoms with Crippen LogP contribution in [0.15, 0.2) is 71.3 Å². The lowest BCUT2D eigenvalue weighted by Crippen LogP contribution is -2.66. The van der Waals surface area contributed by atoms with E-state index in [2.05, 4.69) is 34.4 Å². The maximum absolute atomic E-state index is 12.4. The molecule has 63 heavy (non-hydrogen) atoms. The van der Waals surface area contributed by atoms with Gasteiger partial charge in [0.25, 0.3) is 17.4 Å². The first-order valence-corrected chi connectivity index (χ1v) is 20.2. The van der Waals surface area contributed by atoms with Crippen molar-refractivity contribution in [2.24, 2.45) is 5.41 Å². The smallest absolute Gasteiger partial charge is 0.320 e. The maximum Gasteiger partial charge on any atom is 0.331 e. The van der Waals surface area contributed by atoms with Crippen molar-refractivity contribution >= 4 is 47.8 Å². The van der Waals surface area contributed by atoms with E-state index in [9.17, 15) is 47.9 Å². The van der Waals surface area contributed by atoms with E-state index in [1.807, 2.05) is 27.7 Å². The van der Waals surface area contributed by atoms with E-state index >= 15 is 0 Å². The third-order valence-electron chi connectivity index (χ3n) is 9.58. The Bertz CT molecular complexity index is 2240. The van der Waals surface area contributed by atoms with Crippen LogP contribution in [-0.4, -0.2) is 94.9 Å². The van der Waals surface area contributed by atoms with E-state index in [1.165, 1.54) is 22.8 Å². The van der Waals surface area contributed by atoms with Gasteiger partial charge in [0.05, 0.1) is 6.67 Å². The third kappa shape index (κ3) is 11.8. The highest BCUT2D eigenvalue weighted by Crippen LogP contribution is 2.32. The molecule has 3 saturated heterocycles. The Balaban J connectivity index is 0.000000293. The molecule has 12 amide bonds. The van der Waals surface area contributed by atoms with Gasteiger partial charge in [-0.05, 0) is 102 Å². The molecule has 0 aliphatic carbocycles. The number of rotatable bonds is 4. The van der Waals surface area contributed by atoms with Gasteiger partial charge in [0.2, 0.25) is 11.8 Å². The summed E-state index contributed by atoms with van der Waals surface area (Å²) in [6, 6.07) is 8.19. The largest absolute Gasteiger partial charge is 0.331 e. The average molecular weight is 878 g/mol. The number of nitrogens with one attached hydrogen (secondary N) is 4. The van der Waals surface area contributed by atoms with Gasteiger partial charge in [-0.2, -0.15) is 0 Å². The van der Waals surface area contributed by atoms with Gasteiger partial charge in [-0.1, -0.05) is 42.5 Å². The van der Waals surface area contributed by atoms with Crippen LogP contribution < -0.4 is 32.5 Å². The van der Waals surface area contributed by atoms with E-state index in [0.29, 0.717) is 17.8 Å². The highest BCUT2D eigenvalue weighted by molar-refractivity contribution is 6.22. The number of nitrogens with zero attached hydrogens (tertiary/aromatic N) is 5. The molecule has 1 aromatic heterocycles. The van der Waals surface area contributed by atoms with Gasteiger partial charge >= 0.3 is 29.8 Å². The van der Waals surface area contributed by atoms with Crippen LogP contribution in [0.2, 0.25) is 0 Å². The molecule has 19 nitrogen and oxygen atoms in total. The minimum atomic E-state index is -1.57. The highest BCUT2D eigenvalue weighted by Gasteiger charge is 2.53. The molecule has 2 aromatic rings. The molecule has 3 aliphatic rings. The molecule has 344 valence electrons. The predicted molar refractivity (Wildman–Crippen MR) is 236 cm³/mol. The molecule has 19 heteroatoms. The van der Waals surface area contributed by atoms with Crippen molar-refractivity contribution in [1.29, 1.82) is 0 Å². The van der Waals surface area contributed by atoms with Crippen LogP contribution >= 0.6 is 0 Å². The Hall–Kier alpha value is -6.66. The number of barbiturate groups is 2. The number of imide groups is 5. The van der Waals surface area contributed by atoms with Gasteiger partial charge in [-0.25, -0.2) is 28.9 Å². The number of aromatic nitrogens is 2. The summed E-state index contributed by atoms with van der Waals surface area (Å²) in [5.41, 5.74) is -3.06. The van der Waals surface area contributed by atoms with Crippen molar-refractivity contribution in [3.63, 3.8) is 0 Å². The first kappa shape index (κ1) is 52.5. The zero-order valence-electron chi connectivity index (χ0n) is 38.8. The summed E-state index contributed by atoms with van der Waals surface area (Å²) in [5.74, 6) is -3.34. The zero-order chi connectivity index (χ0) is 48.8. The van der Waals surface area contributed by atoms with Crippen molar-refractivity contribution in [2.75, 3.05) is 6.67 Å². The summed E-state index contributed by atoms with van der Waals surface area (Å²) in [6.45, 7) is 32.8. The van der Waals surface area contributed by atoms with Crippen LogP contribution in [0.3, 0.4) is 0 Å². The van der Waals surface area contributed by atoms with Crippen LogP contribution in [0.5, 0.6) is 0 Å². The number of carbonyl (C=O) groups is 8. The van der Waals surface area contributed by atoms with E-state index in [0.717, 1.165) is 14.7 Å². The van der Waals surface area contributed by atoms with Gasteiger partial charge in [-0.3, -0.25) is 53.5 Å². The molecule has 3 aliphatic heterocycles. The quantitative estimate of drug-likeness (QED) is 0.249. The highest BCUT2D eigenvalue weighted by atomic mass is 16.2. The molecular formula is C44H63N9O10. The van der Waals surface area contributed by atoms with Crippen molar-refractivity contribution in [2.45, 2.75) is 132 Å². The monoisotopic (exact) mass is 877 g/mol. The molecule has 1 unspecified atom stereocenters. The van der Waals surface area contributed by atoms with E-state index in [-0.39, 0.29) is 30.0 Å². The second-order valence-corrected chi connectivity index (χ2v) is 18.6. The van der Waals surface area contributed by atoms with Gasteiger partial charge in [0.15, 0.2) is 5.41 Å². The summed E-state index contributed by atoms with van der Waals surface area (Å²) < 4.78 is 2.90. The standard InChI is InChI=1S/C14H16N2O3.C12H16N2O3.C11H18N2O2.C7H13N3O2/c1-14(2,3)16-12(18)10(11(17)15-13(16)19)9-7-5-4-6-8-9;1-6-12(7-2)8(15)13-10(17)14(9(12)16)11(3,4)5;1-6-12-8(2)7-9(14)13(10(12)15)11(3,4)5;1-7(2,3)10-5(11)8-4-9-6(10)12/h4-8,10H,1-3H3,(H,15,17,19);6-7H,1-2H2,3-5H3,(H,13,15,17);7H,6H2,1-5H3;4H2,1-3H3,(H,8,11)(H,9,12). The molecule has 0 saturated carbocycles. The Morgan fingerprint density at radius 1 is 0.651 bits per heavy atom. The van der Waals surface area contributed by atoms with Crippen LogP contribution in [0.25, 0.3) is 0 Å². The Labute approximate surface area is 367 Å². The molecular weight excluding hydrogens is 815 g/mol. The lowest BCUT2D eigenvalue weighted by atomic mass is 9.82. The number of amides is 12. The second kappa shape index (κ2) is 19.6. The van der Waals surface area contributed by atoms with Gasteiger partial charge in [0.1, 0.15) is 5.92 Å². The van der Waals surface area contributed by atoms with Crippen LogP contribution in [-0.2, 0) is 31.3 Å². The molecule has 4 heterocycles. The zero-order valence-corrected chi connectivity index (χ0v) is 38.8. The number of aryl methyl sites for hydroxylation is 1. The normalized spacial score (nSPS) is 17.9. The fourth-order valence-electron chi connectivity index (χ4n) is 6.58. The summed E-state index contributed by atoms with van der Waals surface area (Å²) in [5, 5.41) is 9.43. The van der Waals surface area contributed by atoms with Gasteiger partial charge in [0, 0.05) is 40.5 Å². The van der Waals surface area contributed by atoms with Gasteiger partial charge in [-0.15, -0.1) is 13.2 Å². The SMILES string of the molecule is C=CC1(C=C)C(=O)NC(=O)N(C(C)(C)C)C1=O.CC(C)(C)N1C(=O)NC(=O)C(c2ccccc2)C1=O.CC(C)(C)N1C(=O)NCNC1=O.CCn1c(C)cc(=O)n(C(C)(C)C)c1=O. The summed E-state index contributed by atoms with van der Waals surface area (Å²) in [4.78, 5) is 121. The van der Waals surface area contributed by atoms with E-state index in [4.69, 9.17) is 0 Å². The number of hydrogen-bond acceptors (Lipinski definition) is 10. The predicted octanol–water partition coefficient (Wildman–Crippen LogP) is 4.44. The Morgan fingerprint density at radius 3 is 1.51 bits per heavy atom. The first-order valence-electron chi connectivity index (χ1n) is 20.2. The number of hydrogen-bond donors (Lipinski definition) is 4. The molecule has 4 N–H and O–H groups in total. The number of benzene rings is 1. The lowest BCUT2D eigenvalue weighted by Gasteiger charge is -2.42. The van der Waals surface area contributed by atoms with Crippen molar-refractivity contribution in [3.05, 3.63) is 93.8 Å². The molecule has 0 radical (unpaired) electrons. The molecule has 1 atom stereocenters. The fourth-order valence-corrected chi connectivity index (χ4v) is 6.58. The van der Waals surface area contributed by atoms with Crippen LogP contribution in [0.1, 0.15) is 107 Å². The minimum Gasteiger partial charge on any atom is -0.320 e. The molecule has 3 fully saturated rings. The van der Waals surface area contributed by atoms with E-state index < -0.39 is 69.2 Å². The van der Waals surface area contributed by atoms with Crippen LogP contribution in [0, 0.1) is 12.3 Å². The maximum atomic E-state index is 12.4. The van der Waals surface area contributed by atoms with Crippen molar-refractivity contribution in [1.82, 2.24) is 45.1 Å². The summed E-state index contributed by atoms with van der Waals surface area (Å²) in [6.07, 6.45) is 2.39. The molecule has 0 bridgehead atoms. The topological polar surface area (TPSA) is 238 Å². The summed E-state index contributed by atoms with van der Waals surface area (Å²) >= 11 is 0. The second-order valence-electron chi connectivity index (χ2n) is 18.6. The van der Waals surface area contributed by atoms with E-state index in [1.54, 1.807) is 104 Å². The third-order valence-corrected chi connectivity index (χ3v) is 9.58. The van der Waals surface area contributed by atoms with Crippen molar-refractivity contribution < 1.29 is 38.4 Å². The lowest BCUT2D eigenvalue weighted by molar-refractivity contribution is -0.148.